The predicted octanol–water partition coefficient (Wildman–Crippen LogP) is 2.71. The van der Waals surface area contributed by atoms with Crippen molar-refractivity contribution in [2.75, 3.05) is 33.3 Å². The van der Waals surface area contributed by atoms with Crippen molar-refractivity contribution in [1.29, 1.82) is 0 Å². The number of rotatable bonds is 7. The van der Waals surface area contributed by atoms with Crippen LogP contribution in [0.1, 0.15) is 24.5 Å². The van der Waals surface area contributed by atoms with E-state index in [4.69, 9.17) is 16.3 Å². The number of benzene rings is 1. The molecule has 1 aliphatic heterocycles. The first-order valence-corrected chi connectivity index (χ1v) is 7.42. The summed E-state index contributed by atoms with van der Waals surface area (Å²) < 4.78 is 5.73. The van der Waals surface area contributed by atoms with Crippen LogP contribution in [0.3, 0.4) is 0 Å². The summed E-state index contributed by atoms with van der Waals surface area (Å²) in [6.45, 7) is 6.99. The van der Waals surface area contributed by atoms with E-state index in [1.807, 2.05) is 12.1 Å². The largest absolute Gasteiger partial charge is 0.493 e. The van der Waals surface area contributed by atoms with Gasteiger partial charge in [0.05, 0.1) is 6.61 Å². The molecule has 1 N–H and O–H groups in total. The minimum absolute atomic E-state index is 0.782. The number of hydrogen-bond donors (Lipinski definition) is 1. The smallest absolute Gasteiger partial charge is 0.127 e. The third-order valence-electron chi connectivity index (χ3n) is 3.36. The SMILES string of the molecule is CCCNCCN(C)Cc1cc(Cl)cc2c1OCC2. The summed E-state index contributed by atoms with van der Waals surface area (Å²) >= 11 is 6.17. The van der Waals surface area contributed by atoms with E-state index in [1.54, 1.807) is 0 Å². The van der Waals surface area contributed by atoms with E-state index >= 15 is 0 Å². The number of likely N-dealkylation sites (N-methyl/N-ethyl adjacent to an activating group) is 1. The predicted molar refractivity (Wildman–Crippen MR) is 80.1 cm³/mol. The number of nitrogens with one attached hydrogen (secondary N) is 1. The molecular formula is C15H23ClN2O. The van der Waals surface area contributed by atoms with E-state index in [2.05, 4.69) is 24.2 Å². The van der Waals surface area contributed by atoms with Crippen LogP contribution in [-0.4, -0.2) is 38.2 Å². The van der Waals surface area contributed by atoms with Gasteiger partial charge < -0.3 is 15.0 Å². The standard InChI is InChI=1S/C15H23ClN2O/c1-3-5-17-6-7-18(2)11-13-10-14(16)9-12-4-8-19-15(12)13/h9-10,17H,3-8,11H2,1-2H3. The van der Waals surface area contributed by atoms with E-state index in [9.17, 15) is 0 Å². The lowest BCUT2D eigenvalue weighted by molar-refractivity contribution is 0.309. The van der Waals surface area contributed by atoms with Crippen molar-refractivity contribution >= 4 is 11.6 Å². The molecule has 0 saturated heterocycles. The zero-order valence-corrected chi connectivity index (χ0v) is 12.6. The molecule has 2 rings (SSSR count). The molecule has 0 unspecified atom stereocenters. The number of halogens is 1. The molecule has 3 nitrogen and oxygen atoms in total. The van der Waals surface area contributed by atoms with Gasteiger partial charge >= 0.3 is 0 Å². The monoisotopic (exact) mass is 282 g/mol. The van der Waals surface area contributed by atoms with Gasteiger partial charge in [0, 0.05) is 36.6 Å². The topological polar surface area (TPSA) is 24.5 Å². The lowest BCUT2D eigenvalue weighted by Gasteiger charge is -2.18. The average molecular weight is 283 g/mol. The maximum Gasteiger partial charge on any atom is 0.127 e. The van der Waals surface area contributed by atoms with Crippen molar-refractivity contribution in [3.8, 4) is 5.75 Å². The highest BCUT2D eigenvalue weighted by Crippen LogP contribution is 2.33. The highest BCUT2D eigenvalue weighted by molar-refractivity contribution is 6.30. The molecule has 0 saturated carbocycles. The van der Waals surface area contributed by atoms with Gasteiger partial charge in [-0.15, -0.1) is 0 Å². The summed E-state index contributed by atoms with van der Waals surface area (Å²) in [7, 11) is 2.13. The molecule has 0 amide bonds. The van der Waals surface area contributed by atoms with Gasteiger partial charge in [0.1, 0.15) is 5.75 Å². The summed E-state index contributed by atoms with van der Waals surface area (Å²) in [4.78, 5) is 2.30. The Balaban J connectivity index is 1.92. The summed E-state index contributed by atoms with van der Waals surface area (Å²) in [5.74, 6) is 1.05. The molecule has 1 aromatic rings. The molecule has 0 spiro atoms. The Hall–Kier alpha value is -0.770. The minimum Gasteiger partial charge on any atom is -0.493 e. The second-order valence-electron chi connectivity index (χ2n) is 5.14. The van der Waals surface area contributed by atoms with Crippen LogP contribution in [0, 0.1) is 0 Å². The molecule has 0 aliphatic carbocycles. The average Bonchev–Trinajstić information content (AvgIpc) is 2.82. The molecule has 1 heterocycles. The van der Waals surface area contributed by atoms with Crippen molar-refractivity contribution in [3.63, 3.8) is 0 Å². The summed E-state index contributed by atoms with van der Waals surface area (Å²) in [6.07, 6.45) is 2.16. The van der Waals surface area contributed by atoms with E-state index < -0.39 is 0 Å². The van der Waals surface area contributed by atoms with Crippen molar-refractivity contribution in [1.82, 2.24) is 10.2 Å². The zero-order chi connectivity index (χ0) is 13.7. The molecule has 0 aromatic heterocycles. The van der Waals surface area contributed by atoms with Gasteiger partial charge in [-0.05, 0) is 37.7 Å². The van der Waals surface area contributed by atoms with Crippen molar-refractivity contribution in [2.45, 2.75) is 26.3 Å². The van der Waals surface area contributed by atoms with Crippen LogP contribution in [0.25, 0.3) is 0 Å². The Labute approximate surface area is 120 Å². The van der Waals surface area contributed by atoms with Gasteiger partial charge in [-0.3, -0.25) is 0 Å². The fourth-order valence-corrected chi connectivity index (χ4v) is 2.67. The summed E-state index contributed by atoms with van der Waals surface area (Å²) in [5.41, 5.74) is 2.46. The minimum atomic E-state index is 0.782. The first-order chi connectivity index (χ1) is 9.20. The van der Waals surface area contributed by atoms with E-state index in [0.717, 1.165) is 50.0 Å². The molecule has 0 radical (unpaired) electrons. The van der Waals surface area contributed by atoms with Gasteiger partial charge in [0.25, 0.3) is 0 Å². The van der Waals surface area contributed by atoms with Crippen LogP contribution in [0.5, 0.6) is 5.75 Å². The Morgan fingerprint density at radius 3 is 3.00 bits per heavy atom. The number of ether oxygens (including phenoxy) is 1. The fraction of sp³-hybridized carbons (Fsp3) is 0.600. The third-order valence-corrected chi connectivity index (χ3v) is 3.58. The Morgan fingerprint density at radius 1 is 1.37 bits per heavy atom. The Morgan fingerprint density at radius 2 is 2.21 bits per heavy atom. The second-order valence-corrected chi connectivity index (χ2v) is 5.58. The van der Waals surface area contributed by atoms with Crippen LogP contribution in [0.2, 0.25) is 5.02 Å². The molecule has 0 atom stereocenters. The summed E-state index contributed by atoms with van der Waals surface area (Å²) in [6, 6.07) is 4.05. The maximum absolute atomic E-state index is 6.17. The molecule has 1 aromatic carbocycles. The van der Waals surface area contributed by atoms with E-state index in [1.165, 1.54) is 17.5 Å². The molecular weight excluding hydrogens is 260 g/mol. The van der Waals surface area contributed by atoms with Crippen LogP contribution < -0.4 is 10.1 Å². The van der Waals surface area contributed by atoms with Gasteiger partial charge in [-0.25, -0.2) is 0 Å². The number of fused-ring (bicyclic) bond motifs is 1. The van der Waals surface area contributed by atoms with Crippen LogP contribution in [0.4, 0.5) is 0 Å². The first-order valence-electron chi connectivity index (χ1n) is 7.04. The zero-order valence-electron chi connectivity index (χ0n) is 11.8. The Kier molecular flexibility index (Phi) is 5.49. The van der Waals surface area contributed by atoms with E-state index in [0.29, 0.717) is 0 Å². The van der Waals surface area contributed by atoms with Crippen LogP contribution >= 0.6 is 11.6 Å². The molecule has 0 bridgehead atoms. The lowest BCUT2D eigenvalue weighted by Crippen LogP contribution is -2.29. The number of nitrogens with zero attached hydrogens (tertiary/aromatic N) is 1. The van der Waals surface area contributed by atoms with Crippen molar-refractivity contribution in [3.05, 3.63) is 28.3 Å². The molecule has 1 aliphatic rings. The second kappa shape index (κ2) is 7.13. The van der Waals surface area contributed by atoms with E-state index in [-0.39, 0.29) is 0 Å². The highest BCUT2D eigenvalue weighted by Gasteiger charge is 2.18. The van der Waals surface area contributed by atoms with Gasteiger partial charge in [0.15, 0.2) is 0 Å². The fourth-order valence-electron chi connectivity index (χ4n) is 2.41. The highest BCUT2D eigenvalue weighted by atomic mass is 35.5. The quantitative estimate of drug-likeness (QED) is 0.778. The molecule has 0 fully saturated rings. The first kappa shape index (κ1) is 14.6. The normalized spacial score (nSPS) is 13.7. The molecule has 19 heavy (non-hydrogen) atoms. The molecule has 4 heteroatoms. The molecule has 106 valence electrons. The van der Waals surface area contributed by atoms with Crippen molar-refractivity contribution < 1.29 is 4.74 Å². The van der Waals surface area contributed by atoms with Crippen molar-refractivity contribution in [2.24, 2.45) is 0 Å². The third kappa shape index (κ3) is 4.10. The Bertz CT molecular complexity index is 423. The van der Waals surface area contributed by atoms with Gasteiger partial charge in [-0.1, -0.05) is 18.5 Å². The lowest BCUT2D eigenvalue weighted by atomic mass is 10.1. The summed E-state index contributed by atoms with van der Waals surface area (Å²) in [5, 5.41) is 4.23. The van der Waals surface area contributed by atoms with Crippen LogP contribution in [-0.2, 0) is 13.0 Å². The number of hydrogen-bond acceptors (Lipinski definition) is 3. The van der Waals surface area contributed by atoms with Gasteiger partial charge in [-0.2, -0.15) is 0 Å². The van der Waals surface area contributed by atoms with Gasteiger partial charge in [0.2, 0.25) is 0 Å². The maximum atomic E-state index is 6.17. The van der Waals surface area contributed by atoms with Crippen LogP contribution in [0.15, 0.2) is 12.1 Å².